The summed E-state index contributed by atoms with van der Waals surface area (Å²) in [7, 11) is 1.83. The standard InChI is InChI=1S/C17H32N6.HI/c1-17(2,22-11-5-4-6-12-22)15-20-16(18-3)19-9-7-13-23-14-8-10-21-23;/h8,10,14H,4-7,9,11-13,15H2,1-3H3,(H2,18,19,20);1H. The Morgan fingerprint density at radius 2 is 1.96 bits per heavy atom. The molecule has 1 saturated heterocycles. The first-order valence-corrected chi connectivity index (χ1v) is 8.79. The van der Waals surface area contributed by atoms with Crippen molar-refractivity contribution in [2.24, 2.45) is 4.99 Å². The number of hydrogen-bond donors (Lipinski definition) is 2. The lowest BCUT2D eigenvalue weighted by Crippen LogP contribution is -2.54. The summed E-state index contributed by atoms with van der Waals surface area (Å²) in [5, 5.41) is 11.1. The van der Waals surface area contributed by atoms with Gasteiger partial charge in [-0.2, -0.15) is 5.10 Å². The van der Waals surface area contributed by atoms with Gasteiger partial charge in [0.15, 0.2) is 5.96 Å². The monoisotopic (exact) mass is 448 g/mol. The van der Waals surface area contributed by atoms with E-state index < -0.39 is 0 Å². The van der Waals surface area contributed by atoms with Gasteiger partial charge in [0.05, 0.1) is 0 Å². The van der Waals surface area contributed by atoms with E-state index in [-0.39, 0.29) is 29.5 Å². The molecule has 0 aliphatic carbocycles. The predicted octanol–water partition coefficient (Wildman–Crippen LogP) is 2.32. The maximum atomic E-state index is 4.32. The molecule has 0 spiro atoms. The average molecular weight is 448 g/mol. The minimum absolute atomic E-state index is 0. The number of halogens is 1. The number of rotatable bonds is 7. The van der Waals surface area contributed by atoms with Gasteiger partial charge in [0, 0.05) is 44.6 Å². The zero-order valence-electron chi connectivity index (χ0n) is 15.3. The highest BCUT2D eigenvalue weighted by atomic mass is 127. The first-order valence-electron chi connectivity index (χ1n) is 8.79. The van der Waals surface area contributed by atoms with Crippen molar-refractivity contribution in [3.8, 4) is 0 Å². The van der Waals surface area contributed by atoms with Crippen molar-refractivity contribution in [2.45, 2.75) is 51.6 Å². The third kappa shape index (κ3) is 6.96. The zero-order valence-corrected chi connectivity index (χ0v) is 17.6. The van der Waals surface area contributed by atoms with E-state index in [0.29, 0.717) is 0 Å². The van der Waals surface area contributed by atoms with Gasteiger partial charge >= 0.3 is 0 Å². The van der Waals surface area contributed by atoms with Crippen LogP contribution in [0.4, 0.5) is 0 Å². The van der Waals surface area contributed by atoms with Crippen LogP contribution in [0.5, 0.6) is 0 Å². The Kier molecular flexibility index (Phi) is 9.65. The SMILES string of the molecule is CN=C(NCCCn1cccn1)NCC(C)(C)N1CCCCC1.I. The molecule has 1 aromatic heterocycles. The van der Waals surface area contributed by atoms with Gasteiger partial charge in [-0.05, 0) is 52.3 Å². The maximum Gasteiger partial charge on any atom is 0.191 e. The van der Waals surface area contributed by atoms with Gasteiger partial charge in [0.1, 0.15) is 0 Å². The largest absolute Gasteiger partial charge is 0.356 e. The van der Waals surface area contributed by atoms with Crippen molar-refractivity contribution in [1.29, 1.82) is 0 Å². The van der Waals surface area contributed by atoms with Gasteiger partial charge in [-0.1, -0.05) is 6.42 Å². The van der Waals surface area contributed by atoms with E-state index in [1.807, 2.05) is 30.2 Å². The van der Waals surface area contributed by atoms with Crippen LogP contribution in [-0.2, 0) is 6.54 Å². The molecule has 2 heterocycles. The summed E-state index contributed by atoms with van der Waals surface area (Å²) in [6.07, 6.45) is 8.86. The second-order valence-electron chi connectivity index (χ2n) is 6.84. The number of piperidine rings is 1. The van der Waals surface area contributed by atoms with Crippen LogP contribution in [0.25, 0.3) is 0 Å². The number of nitrogens with zero attached hydrogens (tertiary/aromatic N) is 4. The molecule has 0 unspecified atom stereocenters. The Morgan fingerprint density at radius 1 is 1.21 bits per heavy atom. The second kappa shape index (κ2) is 10.9. The molecule has 1 aromatic rings. The Balaban J connectivity index is 0.00000288. The van der Waals surface area contributed by atoms with Gasteiger partial charge in [-0.3, -0.25) is 14.6 Å². The molecule has 7 heteroatoms. The fraction of sp³-hybridized carbons (Fsp3) is 0.765. The van der Waals surface area contributed by atoms with Gasteiger partial charge in [-0.15, -0.1) is 24.0 Å². The molecule has 0 radical (unpaired) electrons. The molecule has 2 rings (SSSR count). The van der Waals surface area contributed by atoms with Crippen LogP contribution in [0.2, 0.25) is 0 Å². The molecule has 24 heavy (non-hydrogen) atoms. The van der Waals surface area contributed by atoms with Crippen LogP contribution >= 0.6 is 24.0 Å². The average Bonchev–Trinajstić information content (AvgIpc) is 3.08. The summed E-state index contributed by atoms with van der Waals surface area (Å²) in [4.78, 5) is 6.92. The van der Waals surface area contributed by atoms with Crippen molar-refractivity contribution >= 4 is 29.9 Å². The summed E-state index contributed by atoms with van der Waals surface area (Å²) in [5.74, 6) is 0.885. The summed E-state index contributed by atoms with van der Waals surface area (Å²) in [5.41, 5.74) is 0.160. The lowest BCUT2D eigenvalue weighted by Gasteiger charge is -2.41. The first kappa shape index (κ1) is 21.2. The highest BCUT2D eigenvalue weighted by molar-refractivity contribution is 14.0. The van der Waals surface area contributed by atoms with E-state index in [1.165, 1.54) is 32.4 Å². The topological polar surface area (TPSA) is 57.5 Å². The molecule has 0 bridgehead atoms. The number of aliphatic imine (C=N–C) groups is 1. The van der Waals surface area contributed by atoms with E-state index in [1.54, 1.807) is 0 Å². The van der Waals surface area contributed by atoms with Crippen LogP contribution in [0.15, 0.2) is 23.5 Å². The van der Waals surface area contributed by atoms with Gasteiger partial charge < -0.3 is 10.6 Å². The number of aryl methyl sites for hydroxylation is 1. The highest BCUT2D eigenvalue weighted by Gasteiger charge is 2.27. The third-order valence-electron chi connectivity index (χ3n) is 4.54. The molecule has 1 aliphatic rings. The molecule has 6 nitrogen and oxygen atoms in total. The predicted molar refractivity (Wildman–Crippen MR) is 111 cm³/mol. The zero-order chi connectivity index (χ0) is 16.5. The maximum absolute atomic E-state index is 4.32. The van der Waals surface area contributed by atoms with E-state index >= 15 is 0 Å². The highest BCUT2D eigenvalue weighted by Crippen LogP contribution is 2.19. The molecule has 1 fully saturated rings. The quantitative estimate of drug-likeness (QED) is 0.291. The Morgan fingerprint density at radius 3 is 2.58 bits per heavy atom. The minimum atomic E-state index is 0. The third-order valence-corrected chi connectivity index (χ3v) is 4.54. The van der Waals surface area contributed by atoms with Crippen molar-refractivity contribution in [2.75, 3.05) is 33.2 Å². The number of guanidine groups is 1. The molecular formula is C17H33IN6. The smallest absolute Gasteiger partial charge is 0.191 e. The van der Waals surface area contributed by atoms with E-state index in [4.69, 9.17) is 0 Å². The molecule has 138 valence electrons. The second-order valence-corrected chi connectivity index (χ2v) is 6.84. The van der Waals surface area contributed by atoms with Gasteiger partial charge in [0.25, 0.3) is 0 Å². The van der Waals surface area contributed by atoms with Crippen LogP contribution in [0.1, 0.15) is 39.5 Å². The van der Waals surface area contributed by atoms with Crippen molar-refractivity contribution < 1.29 is 0 Å². The van der Waals surface area contributed by atoms with Crippen LogP contribution in [0.3, 0.4) is 0 Å². The van der Waals surface area contributed by atoms with E-state index in [2.05, 4.69) is 39.5 Å². The minimum Gasteiger partial charge on any atom is -0.356 e. The van der Waals surface area contributed by atoms with Crippen molar-refractivity contribution in [3.63, 3.8) is 0 Å². The first-order chi connectivity index (χ1) is 11.1. The van der Waals surface area contributed by atoms with Gasteiger partial charge in [-0.25, -0.2) is 0 Å². The molecular weight excluding hydrogens is 415 g/mol. The van der Waals surface area contributed by atoms with Crippen LogP contribution in [-0.4, -0.2) is 59.4 Å². The Labute approximate surface area is 163 Å². The molecule has 1 aliphatic heterocycles. The Bertz CT molecular complexity index is 465. The number of aromatic nitrogens is 2. The van der Waals surface area contributed by atoms with Crippen LogP contribution < -0.4 is 10.6 Å². The molecule has 0 amide bonds. The lowest BCUT2D eigenvalue weighted by molar-refractivity contribution is 0.0982. The van der Waals surface area contributed by atoms with Crippen molar-refractivity contribution in [3.05, 3.63) is 18.5 Å². The normalized spacial score (nSPS) is 16.5. The molecule has 0 atom stereocenters. The molecule has 0 aromatic carbocycles. The summed E-state index contributed by atoms with van der Waals surface area (Å²) >= 11 is 0. The lowest BCUT2D eigenvalue weighted by atomic mass is 9.98. The molecule has 0 saturated carbocycles. The van der Waals surface area contributed by atoms with E-state index in [9.17, 15) is 0 Å². The number of hydrogen-bond acceptors (Lipinski definition) is 3. The Hall–Kier alpha value is -0.830. The summed E-state index contributed by atoms with van der Waals surface area (Å²) < 4.78 is 1.96. The summed E-state index contributed by atoms with van der Waals surface area (Å²) in [6.45, 7) is 9.79. The number of nitrogens with one attached hydrogen (secondary N) is 2. The number of likely N-dealkylation sites (tertiary alicyclic amines) is 1. The van der Waals surface area contributed by atoms with Crippen LogP contribution in [0, 0.1) is 0 Å². The fourth-order valence-corrected chi connectivity index (χ4v) is 3.01. The van der Waals surface area contributed by atoms with Gasteiger partial charge in [0.2, 0.25) is 0 Å². The van der Waals surface area contributed by atoms with E-state index in [0.717, 1.165) is 32.0 Å². The molecule has 2 N–H and O–H groups in total. The summed E-state index contributed by atoms with van der Waals surface area (Å²) in [6, 6.07) is 1.95. The van der Waals surface area contributed by atoms with Crippen molar-refractivity contribution in [1.82, 2.24) is 25.3 Å². The fourth-order valence-electron chi connectivity index (χ4n) is 3.01.